The van der Waals surface area contributed by atoms with E-state index in [1.54, 1.807) is 11.3 Å². The molecule has 1 atom stereocenters. The minimum absolute atomic E-state index is 0.122. The summed E-state index contributed by atoms with van der Waals surface area (Å²) in [5, 5.41) is 4.52. The highest BCUT2D eigenvalue weighted by Crippen LogP contribution is 2.29. The first-order chi connectivity index (χ1) is 9.06. The molecule has 0 fully saturated rings. The van der Waals surface area contributed by atoms with E-state index >= 15 is 0 Å². The largest absolute Gasteiger partial charge is 0.271 e. The lowest BCUT2D eigenvalue weighted by Crippen LogP contribution is -2.29. The van der Waals surface area contributed by atoms with Crippen LogP contribution in [0.3, 0.4) is 0 Å². The molecule has 0 aromatic carbocycles. The van der Waals surface area contributed by atoms with Gasteiger partial charge in [0.25, 0.3) is 0 Å². The highest BCUT2D eigenvalue weighted by Gasteiger charge is 2.19. The van der Waals surface area contributed by atoms with Crippen LogP contribution in [-0.2, 0) is 13.0 Å². The smallest absolute Gasteiger partial charge is 0.0738 e. The number of thiophene rings is 1. The number of nitrogens with zero attached hydrogens (tertiary/aromatic N) is 2. The fraction of sp³-hybridized carbons (Fsp3) is 0.462. The molecule has 19 heavy (non-hydrogen) atoms. The van der Waals surface area contributed by atoms with Gasteiger partial charge in [0.2, 0.25) is 0 Å². The summed E-state index contributed by atoms with van der Waals surface area (Å²) in [6, 6.07) is 4.39. The predicted octanol–water partition coefficient (Wildman–Crippen LogP) is 3.09. The van der Waals surface area contributed by atoms with E-state index in [1.165, 1.54) is 15.4 Å². The Morgan fingerprint density at radius 1 is 1.47 bits per heavy atom. The summed E-state index contributed by atoms with van der Waals surface area (Å²) < 4.78 is 3.12. The minimum Gasteiger partial charge on any atom is -0.271 e. The summed E-state index contributed by atoms with van der Waals surface area (Å²) in [6.07, 6.45) is 0.825. The molecule has 6 heteroatoms. The van der Waals surface area contributed by atoms with Crippen LogP contribution in [0.4, 0.5) is 0 Å². The maximum absolute atomic E-state index is 5.72. The average Bonchev–Trinajstić information content (AvgIpc) is 2.93. The molecule has 2 aromatic heterocycles. The SMILES string of the molecule is CCn1nc(C)c(Br)c1CC(NN)c1ccc(C)s1. The van der Waals surface area contributed by atoms with E-state index < -0.39 is 0 Å². The van der Waals surface area contributed by atoms with E-state index in [0.717, 1.165) is 23.1 Å². The van der Waals surface area contributed by atoms with Gasteiger partial charge >= 0.3 is 0 Å². The molecule has 1 unspecified atom stereocenters. The molecule has 104 valence electrons. The van der Waals surface area contributed by atoms with Gasteiger partial charge in [0, 0.05) is 22.7 Å². The Labute approximate surface area is 126 Å². The van der Waals surface area contributed by atoms with Crippen LogP contribution >= 0.6 is 27.3 Å². The minimum atomic E-state index is 0.122. The summed E-state index contributed by atoms with van der Waals surface area (Å²) in [7, 11) is 0. The summed E-state index contributed by atoms with van der Waals surface area (Å²) in [6.45, 7) is 7.09. The first-order valence-corrected chi connectivity index (χ1v) is 7.92. The van der Waals surface area contributed by atoms with E-state index in [2.05, 4.69) is 52.4 Å². The second-order valence-corrected chi connectivity index (χ2v) is 6.65. The molecule has 0 aliphatic heterocycles. The molecule has 2 rings (SSSR count). The number of rotatable bonds is 5. The lowest BCUT2D eigenvalue weighted by Gasteiger charge is -2.15. The number of hydrogen-bond acceptors (Lipinski definition) is 4. The van der Waals surface area contributed by atoms with Crippen molar-refractivity contribution >= 4 is 27.3 Å². The molecule has 0 saturated heterocycles. The summed E-state index contributed by atoms with van der Waals surface area (Å²) in [4.78, 5) is 2.56. The lowest BCUT2D eigenvalue weighted by atomic mass is 10.1. The number of halogens is 1. The van der Waals surface area contributed by atoms with Crippen molar-refractivity contribution in [2.45, 2.75) is 39.8 Å². The highest BCUT2D eigenvalue weighted by atomic mass is 79.9. The van der Waals surface area contributed by atoms with Crippen molar-refractivity contribution in [2.24, 2.45) is 5.84 Å². The predicted molar refractivity (Wildman–Crippen MR) is 83.2 cm³/mol. The maximum Gasteiger partial charge on any atom is 0.0738 e. The molecule has 4 nitrogen and oxygen atoms in total. The molecular formula is C13H19BrN4S. The summed E-state index contributed by atoms with van der Waals surface area (Å²) >= 11 is 5.41. The van der Waals surface area contributed by atoms with Gasteiger partial charge in [-0.1, -0.05) is 0 Å². The van der Waals surface area contributed by atoms with Crippen molar-refractivity contribution in [2.75, 3.05) is 0 Å². The Balaban J connectivity index is 2.28. The maximum atomic E-state index is 5.72. The Kier molecular flexibility index (Phi) is 4.78. The third-order valence-corrected chi connectivity index (χ3v) is 5.30. The van der Waals surface area contributed by atoms with Crippen LogP contribution in [0.5, 0.6) is 0 Å². The monoisotopic (exact) mass is 342 g/mol. The zero-order valence-electron chi connectivity index (χ0n) is 11.4. The van der Waals surface area contributed by atoms with Crippen molar-refractivity contribution in [3.8, 4) is 0 Å². The van der Waals surface area contributed by atoms with Gasteiger partial charge in [-0.15, -0.1) is 11.3 Å². The van der Waals surface area contributed by atoms with Gasteiger partial charge < -0.3 is 0 Å². The molecule has 2 heterocycles. The van der Waals surface area contributed by atoms with Gasteiger partial charge in [0.15, 0.2) is 0 Å². The molecule has 0 aliphatic carbocycles. The average molecular weight is 343 g/mol. The zero-order valence-corrected chi connectivity index (χ0v) is 13.8. The second-order valence-electron chi connectivity index (χ2n) is 4.53. The van der Waals surface area contributed by atoms with Gasteiger partial charge in [-0.05, 0) is 48.8 Å². The van der Waals surface area contributed by atoms with Crippen LogP contribution in [0.25, 0.3) is 0 Å². The van der Waals surface area contributed by atoms with Gasteiger partial charge in [-0.2, -0.15) is 5.10 Å². The Morgan fingerprint density at radius 2 is 2.21 bits per heavy atom. The fourth-order valence-electron chi connectivity index (χ4n) is 2.14. The number of aromatic nitrogens is 2. The molecule has 3 N–H and O–H groups in total. The standard InChI is InChI=1S/C13H19BrN4S/c1-4-18-11(13(14)9(3)17-18)7-10(16-15)12-6-5-8(2)19-12/h5-6,10,16H,4,7,15H2,1-3H3. The highest BCUT2D eigenvalue weighted by molar-refractivity contribution is 9.10. The first kappa shape index (κ1) is 14.7. The van der Waals surface area contributed by atoms with Crippen molar-refractivity contribution < 1.29 is 0 Å². The van der Waals surface area contributed by atoms with E-state index in [0.29, 0.717) is 0 Å². The van der Waals surface area contributed by atoms with Gasteiger partial charge in [0.05, 0.1) is 21.9 Å². The summed E-state index contributed by atoms with van der Waals surface area (Å²) in [5.41, 5.74) is 5.13. The molecule has 0 aliphatic rings. The van der Waals surface area contributed by atoms with Gasteiger partial charge in [-0.25, -0.2) is 0 Å². The quantitative estimate of drug-likeness (QED) is 0.648. The van der Waals surface area contributed by atoms with E-state index in [4.69, 9.17) is 5.84 Å². The number of hydrogen-bond donors (Lipinski definition) is 2. The number of nitrogens with two attached hydrogens (primary N) is 1. The van der Waals surface area contributed by atoms with Crippen molar-refractivity contribution in [1.82, 2.24) is 15.2 Å². The second kappa shape index (κ2) is 6.17. The first-order valence-electron chi connectivity index (χ1n) is 6.31. The fourth-order valence-corrected chi connectivity index (χ4v) is 3.52. The molecule has 0 saturated carbocycles. The Hall–Kier alpha value is -0.690. The van der Waals surface area contributed by atoms with Crippen molar-refractivity contribution in [3.63, 3.8) is 0 Å². The molecule has 0 radical (unpaired) electrons. The van der Waals surface area contributed by atoms with E-state index in [1.807, 2.05) is 11.6 Å². The van der Waals surface area contributed by atoms with Crippen LogP contribution < -0.4 is 11.3 Å². The number of hydrazine groups is 1. The molecule has 2 aromatic rings. The molecular weight excluding hydrogens is 324 g/mol. The number of nitrogens with one attached hydrogen (secondary N) is 1. The molecule has 0 bridgehead atoms. The van der Waals surface area contributed by atoms with Crippen LogP contribution in [0.15, 0.2) is 16.6 Å². The third-order valence-electron chi connectivity index (χ3n) is 3.16. The Bertz CT molecular complexity index is 561. The topological polar surface area (TPSA) is 55.9 Å². The lowest BCUT2D eigenvalue weighted by molar-refractivity contribution is 0.522. The number of aryl methyl sites for hydroxylation is 3. The normalized spacial score (nSPS) is 12.9. The zero-order chi connectivity index (χ0) is 14.0. The van der Waals surface area contributed by atoms with Crippen LogP contribution in [-0.4, -0.2) is 9.78 Å². The van der Waals surface area contributed by atoms with E-state index in [9.17, 15) is 0 Å². The summed E-state index contributed by atoms with van der Waals surface area (Å²) in [5.74, 6) is 5.72. The van der Waals surface area contributed by atoms with Crippen molar-refractivity contribution in [3.05, 3.63) is 37.7 Å². The Morgan fingerprint density at radius 3 is 2.74 bits per heavy atom. The third kappa shape index (κ3) is 3.08. The van der Waals surface area contributed by atoms with E-state index in [-0.39, 0.29) is 6.04 Å². The molecule has 0 spiro atoms. The molecule has 0 amide bonds. The van der Waals surface area contributed by atoms with Gasteiger partial charge in [0.1, 0.15) is 0 Å². The van der Waals surface area contributed by atoms with Crippen LogP contribution in [0.2, 0.25) is 0 Å². The van der Waals surface area contributed by atoms with Crippen molar-refractivity contribution in [1.29, 1.82) is 0 Å². The van der Waals surface area contributed by atoms with Crippen LogP contribution in [0, 0.1) is 13.8 Å². The van der Waals surface area contributed by atoms with Gasteiger partial charge in [-0.3, -0.25) is 16.0 Å². The van der Waals surface area contributed by atoms with Crippen LogP contribution in [0.1, 0.15) is 34.1 Å².